The quantitative estimate of drug-likeness (QED) is 0.323. The van der Waals surface area contributed by atoms with Crippen LogP contribution in [0.25, 0.3) is 0 Å². The monoisotopic (exact) mass is 538 g/mol. The molecule has 0 N–H and O–H groups in total. The van der Waals surface area contributed by atoms with Gasteiger partial charge in [0.2, 0.25) is 0 Å². The molecule has 3 rings (SSSR count). The number of ether oxygens (including phenoxy) is 9. The molecule has 0 bridgehead atoms. The summed E-state index contributed by atoms with van der Waals surface area (Å²) < 4.78 is 53.8. The summed E-state index contributed by atoms with van der Waals surface area (Å²) in [4.78, 5) is 0. The Morgan fingerprint density at radius 1 is 0.459 bits per heavy atom. The number of allylic oxidation sites excluding steroid dienone is 3. The smallest absolute Gasteiger partial charge is 0.121 e. The molecule has 0 heterocycles. The van der Waals surface area contributed by atoms with E-state index in [2.05, 4.69) is 0 Å². The Kier molecular flexibility index (Phi) is 9.40. The minimum Gasteiger partial charge on any atom is -0.501 e. The lowest BCUT2D eigenvalue weighted by Crippen LogP contribution is -2.50. The van der Waals surface area contributed by atoms with E-state index in [0.717, 1.165) is 0 Å². The summed E-state index contributed by atoms with van der Waals surface area (Å²) in [6, 6.07) is 0. The van der Waals surface area contributed by atoms with E-state index in [9.17, 15) is 0 Å². The van der Waals surface area contributed by atoms with Crippen LogP contribution >= 0.6 is 7.92 Å². The SMILES string of the molecule is COC1=CC(OC)(P(C2(OC)C=C(OC)C=C(OC)C2)C2(OC)C=C(OC)C=C(OC)C2)CC(OC)=C1. The fraction of sp³-hybridized carbons (Fsp3) is 0.556. The third-order valence-electron chi connectivity index (χ3n) is 6.99. The van der Waals surface area contributed by atoms with Crippen molar-refractivity contribution in [1.29, 1.82) is 0 Å². The second-order valence-corrected chi connectivity index (χ2v) is 11.7. The van der Waals surface area contributed by atoms with Gasteiger partial charge >= 0.3 is 0 Å². The number of methoxy groups -OCH3 is 9. The van der Waals surface area contributed by atoms with E-state index in [-0.39, 0.29) is 0 Å². The highest BCUT2D eigenvalue weighted by Crippen LogP contribution is 2.75. The van der Waals surface area contributed by atoms with Crippen LogP contribution in [0.5, 0.6) is 0 Å². The molecule has 10 heteroatoms. The predicted octanol–water partition coefficient (Wildman–Crippen LogP) is 4.89. The van der Waals surface area contributed by atoms with Crippen LogP contribution < -0.4 is 0 Å². The molecule has 3 aliphatic rings. The molecule has 0 aromatic carbocycles. The van der Waals surface area contributed by atoms with Gasteiger partial charge in [0.25, 0.3) is 0 Å². The molecule has 0 saturated heterocycles. The molecule has 3 atom stereocenters. The minimum atomic E-state index is -1.56. The molecule has 9 nitrogen and oxygen atoms in total. The number of hydrogen-bond acceptors (Lipinski definition) is 9. The summed E-state index contributed by atoms with van der Waals surface area (Å²) in [6.07, 6.45) is 12.8. The Morgan fingerprint density at radius 2 is 0.730 bits per heavy atom. The van der Waals surface area contributed by atoms with Crippen molar-refractivity contribution >= 4 is 7.92 Å². The Morgan fingerprint density at radius 3 is 0.919 bits per heavy atom. The normalized spacial score (nSPS) is 30.4. The van der Waals surface area contributed by atoms with E-state index >= 15 is 0 Å². The van der Waals surface area contributed by atoms with Crippen molar-refractivity contribution in [2.24, 2.45) is 0 Å². The van der Waals surface area contributed by atoms with E-state index in [1.54, 1.807) is 64.0 Å². The first-order valence-electron chi connectivity index (χ1n) is 11.8. The van der Waals surface area contributed by atoms with Gasteiger partial charge in [-0.1, -0.05) is 0 Å². The van der Waals surface area contributed by atoms with Crippen molar-refractivity contribution < 1.29 is 42.6 Å². The Hall–Kier alpha value is -2.45. The van der Waals surface area contributed by atoms with E-state index in [1.807, 2.05) is 36.5 Å². The van der Waals surface area contributed by atoms with Gasteiger partial charge in [-0.25, -0.2) is 0 Å². The van der Waals surface area contributed by atoms with Crippen molar-refractivity contribution in [2.45, 2.75) is 35.3 Å². The molecule has 0 saturated carbocycles. The average molecular weight is 539 g/mol. The van der Waals surface area contributed by atoms with Gasteiger partial charge in [-0.3, -0.25) is 0 Å². The van der Waals surface area contributed by atoms with Crippen LogP contribution in [0.15, 0.2) is 71.0 Å². The predicted molar refractivity (Wildman–Crippen MR) is 141 cm³/mol. The maximum atomic E-state index is 6.47. The Labute approximate surface area is 221 Å². The molecule has 0 aromatic heterocycles. The van der Waals surface area contributed by atoms with Gasteiger partial charge in [-0.15, -0.1) is 0 Å². The lowest BCUT2D eigenvalue weighted by atomic mass is 10.1. The van der Waals surface area contributed by atoms with Gasteiger partial charge < -0.3 is 42.6 Å². The molecule has 0 radical (unpaired) electrons. The van der Waals surface area contributed by atoms with Crippen LogP contribution in [0.1, 0.15) is 19.3 Å². The molecule has 3 unspecified atom stereocenters. The fourth-order valence-electron chi connectivity index (χ4n) is 5.13. The molecule has 3 aliphatic carbocycles. The molecule has 0 amide bonds. The highest BCUT2D eigenvalue weighted by molar-refractivity contribution is 7.62. The van der Waals surface area contributed by atoms with Gasteiger partial charge in [0, 0.05) is 66.7 Å². The maximum Gasteiger partial charge on any atom is 0.121 e. The first-order chi connectivity index (χ1) is 17.8. The zero-order valence-corrected chi connectivity index (χ0v) is 24.1. The van der Waals surface area contributed by atoms with Crippen molar-refractivity contribution in [3.8, 4) is 0 Å². The van der Waals surface area contributed by atoms with Crippen LogP contribution in [0, 0.1) is 0 Å². The van der Waals surface area contributed by atoms with Gasteiger partial charge in [0.05, 0.1) is 42.7 Å². The largest absolute Gasteiger partial charge is 0.501 e. The molecule has 206 valence electrons. The standard InChI is InChI=1S/C27H39O9P/c1-28-19-10-20(29-2)14-25(13-19,34-7)37(26(35-8)15-21(30-3)11-22(16-26)31-4)27(36-9)17-23(32-5)12-24(18-27)33-6/h10-13,15,17H,14,16,18H2,1-9H3. The molecular weight excluding hydrogens is 499 g/mol. The Balaban J connectivity index is 2.40. The summed E-state index contributed by atoms with van der Waals surface area (Å²) in [6.45, 7) is 0. The first kappa shape index (κ1) is 29.1. The van der Waals surface area contributed by atoms with Crippen molar-refractivity contribution in [3.05, 3.63) is 71.0 Å². The summed E-state index contributed by atoms with van der Waals surface area (Å²) in [5.74, 6) is 3.94. The van der Waals surface area contributed by atoms with E-state index in [1.165, 1.54) is 0 Å². The van der Waals surface area contributed by atoms with Gasteiger partial charge in [0.1, 0.15) is 50.6 Å². The van der Waals surface area contributed by atoms with Gasteiger partial charge in [0.15, 0.2) is 0 Å². The van der Waals surface area contributed by atoms with E-state index in [4.69, 9.17) is 42.6 Å². The van der Waals surface area contributed by atoms with Crippen LogP contribution in [0.2, 0.25) is 0 Å². The van der Waals surface area contributed by atoms with E-state index < -0.39 is 23.9 Å². The third kappa shape index (κ3) is 5.41. The number of hydrogen-bond donors (Lipinski definition) is 0. The lowest BCUT2D eigenvalue weighted by Gasteiger charge is -2.56. The second-order valence-electron chi connectivity index (χ2n) is 8.71. The highest BCUT2D eigenvalue weighted by atomic mass is 31.1. The molecular formula is C27H39O9P. The van der Waals surface area contributed by atoms with Gasteiger partial charge in [-0.2, -0.15) is 0 Å². The summed E-state index contributed by atoms with van der Waals surface area (Å²) in [5.41, 5.74) is 0. The van der Waals surface area contributed by atoms with Crippen molar-refractivity contribution in [3.63, 3.8) is 0 Å². The minimum absolute atomic E-state index is 0.416. The number of rotatable bonds is 12. The van der Waals surface area contributed by atoms with Crippen molar-refractivity contribution in [1.82, 2.24) is 0 Å². The molecule has 0 aliphatic heterocycles. The van der Waals surface area contributed by atoms with E-state index in [0.29, 0.717) is 53.8 Å². The van der Waals surface area contributed by atoms with Crippen LogP contribution in [-0.2, 0) is 42.6 Å². The van der Waals surface area contributed by atoms with Crippen molar-refractivity contribution in [2.75, 3.05) is 64.0 Å². The Bertz CT molecular complexity index is 899. The molecule has 0 aromatic rings. The zero-order valence-electron chi connectivity index (χ0n) is 23.2. The first-order valence-corrected chi connectivity index (χ1v) is 13.1. The van der Waals surface area contributed by atoms with Crippen LogP contribution in [0.3, 0.4) is 0 Å². The summed E-state index contributed by atoms with van der Waals surface area (Å²) >= 11 is 0. The summed E-state index contributed by atoms with van der Waals surface area (Å²) in [5, 5.41) is -2.91. The third-order valence-corrected chi connectivity index (χ3v) is 10.7. The molecule has 0 spiro atoms. The summed E-state index contributed by atoms with van der Waals surface area (Å²) in [7, 11) is 13.2. The molecule has 0 fully saturated rings. The van der Waals surface area contributed by atoms with Gasteiger partial charge in [-0.05, 0) is 18.2 Å². The lowest BCUT2D eigenvalue weighted by molar-refractivity contribution is 0.0237. The highest BCUT2D eigenvalue weighted by Gasteiger charge is 2.62. The maximum absolute atomic E-state index is 6.47. The topological polar surface area (TPSA) is 83.1 Å². The molecule has 37 heavy (non-hydrogen) atoms. The second kappa shape index (κ2) is 11.9. The van der Waals surface area contributed by atoms with Crippen LogP contribution in [0.4, 0.5) is 0 Å². The van der Waals surface area contributed by atoms with Crippen LogP contribution in [-0.4, -0.2) is 80.0 Å². The zero-order chi connectivity index (χ0) is 27.3. The average Bonchev–Trinajstić information content (AvgIpc) is 2.96. The fourth-order valence-corrected chi connectivity index (χ4v) is 9.31.